The maximum Gasteiger partial charge on any atom is 0.356 e. The van der Waals surface area contributed by atoms with Crippen LogP contribution in [-0.4, -0.2) is 47.2 Å². The van der Waals surface area contributed by atoms with Crippen LogP contribution in [0.15, 0.2) is 41.2 Å². The summed E-state index contributed by atoms with van der Waals surface area (Å²) in [5.74, 6) is -0.799. The molecule has 0 spiro atoms. The zero-order valence-electron chi connectivity index (χ0n) is 19.2. The van der Waals surface area contributed by atoms with Crippen LogP contribution in [0.1, 0.15) is 42.4 Å². The van der Waals surface area contributed by atoms with Gasteiger partial charge in [0, 0.05) is 41.0 Å². The van der Waals surface area contributed by atoms with Crippen LogP contribution in [0.25, 0.3) is 10.9 Å². The number of esters is 1. The number of halogens is 1. The third-order valence-electron chi connectivity index (χ3n) is 7.11. The van der Waals surface area contributed by atoms with E-state index in [1.54, 1.807) is 19.1 Å². The Balaban J connectivity index is 1.40. The van der Waals surface area contributed by atoms with Gasteiger partial charge in [-0.3, -0.25) is 9.59 Å². The number of aromatic amines is 1. The number of carbonyl (C=O) groups excluding carboxylic acids is 2. The van der Waals surface area contributed by atoms with Crippen molar-refractivity contribution in [2.24, 2.45) is 5.92 Å². The summed E-state index contributed by atoms with van der Waals surface area (Å²) in [6.07, 6.45) is 1.01. The predicted octanol–water partition coefficient (Wildman–Crippen LogP) is 1.67. The van der Waals surface area contributed by atoms with Gasteiger partial charge in [0.25, 0.3) is 11.5 Å². The van der Waals surface area contributed by atoms with Crippen molar-refractivity contribution in [1.82, 2.24) is 9.55 Å². The Labute approximate surface area is 195 Å². The molecule has 0 saturated carbocycles. The van der Waals surface area contributed by atoms with Gasteiger partial charge in [-0.1, -0.05) is 6.07 Å². The van der Waals surface area contributed by atoms with E-state index >= 15 is 0 Å². The van der Waals surface area contributed by atoms with Gasteiger partial charge >= 0.3 is 5.97 Å². The molecule has 0 aliphatic carbocycles. The molecule has 5 rings (SSSR count). The van der Waals surface area contributed by atoms with Gasteiger partial charge in [0.05, 0.1) is 25.4 Å². The Morgan fingerprint density at radius 2 is 2.12 bits per heavy atom. The van der Waals surface area contributed by atoms with Crippen LogP contribution in [0.5, 0.6) is 0 Å². The number of quaternary nitrogens is 1. The Kier molecular flexibility index (Phi) is 5.73. The summed E-state index contributed by atoms with van der Waals surface area (Å²) in [6.45, 7) is 5.92. The van der Waals surface area contributed by atoms with Crippen molar-refractivity contribution in [3.8, 4) is 0 Å². The molecule has 1 amide bonds. The van der Waals surface area contributed by atoms with Crippen LogP contribution < -0.4 is 15.8 Å². The second-order valence-electron chi connectivity index (χ2n) is 9.26. The van der Waals surface area contributed by atoms with Crippen LogP contribution >= 0.6 is 0 Å². The molecule has 34 heavy (non-hydrogen) atoms. The lowest BCUT2D eigenvalue weighted by Crippen LogP contribution is -3.18. The summed E-state index contributed by atoms with van der Waals surface area (Å²) in [5, 5.41) is 3.30. The second kappa shape index (κ2) is 8.72. The first-order valence-corrected chi connectivity index (χ1v) is 11.7. The molecule has 9 heteroatoms. The average molecular weight is 468 g/mol. The standard InChI is InChI=1S/C25H27FN4O4/c1-3-34-25(33)23-22(18-10-17(26)7-8-19(18)27-23)28-24(32)14(2)29-11-15-9-16(13-29)20-5-4-6-21(31)30(20)12-15/h4-8,10,14-16,27H,3,9,11-13H2,1-2H3,(H,28,32)/p+1/t14-,15+,16-/m1/s1. The third kappa shape index (κ3) is 3.90. The summed E-state index contributed by atoms with van der Waals surface area (Å²) in [5.41, 5.74) is 1.93. The number of benzene rings is 1. The number of aromatic nitrogens is 2. The van der Waals surface area contributed by atoms with Crippen LogP contribution in [0.2, 0.25) is 0 Å². The molecule has 3 aromatic rings. The van der Waals surface area contributed by atoms with E-state index in [0.717, 1.165) is 30.1 Å². The summed E-state index contributed by atoms with van der Waals surface area (Å²) in [4.78, 5) is 42.2. The van der Waals surface area contributed by atoms with Crippen molar-refractivity contribution in [3.63, 3.8) is 0 Å². The van der Waals surface area contributed by atoms with E-state index in [2.05, 4.69) is 10.3 Å². The Morgan fingerprint density at radius 1 is 1.29 bits per heavy atom. The smallest absolute Gasteiger partial charge is 0.356 e. The number of carbonyl (C=O) groups is 2. The number of likely N-dealkylation sites (tertiary alicyclic amines) is 1. The van der Waals surface area contributed by atoms with E-state index in [4.69, 9.17) is 4.74 Å². The number of ether oxygens (including phenoxy) is 1. The molecule has 1 aromatic carbocycles. The van der Waals surface area contributed by atoms with E-state index in [9.17, 15) is 18.8 Å². The second-order valence-corrected chi connectivity index (χ2v) is 9.26. The van der Waals surface area contributed by atoms with Gasteiger partial charge < -0.3 is 24.5 Å². The predicted molar refractivity (Wildman–Crippen MR) is 125 cm³/mol. The topological polar surface area (TPSA) is 97.6 Å². The molecule has 3 N–H and O–H groups in total. The van der Waals surface area contributed by atoms with Crippen molar-refractivity contribution in [2.45, 2.75) is 38.8 Å². The Morgan fingerprint density at radius 3 is 2.91 bits per heavy atom. The monoisotopic (exact) mass is 467 g/mol. The number of hydrogen-bond acceptors (Lipinski definition) is 4. The van der Waals surface area contributed by atoms with Gasteiger partial charge in [0.15, 0.2) is 6.04 Å². The first-order valence-electron chi connectivity index (χ1n) is 11.7. The van der Waals surface area contributed by atoms with Gasteiger partial charge in [-0.2, -0.15) is 0 Å². The molecule has 8 nitrogen and oxygen atoms in total. The van der Waals surface area contributed by atoms with Crippen molar-refractivity contribution in [1.29, 1.82) is 0 Å². The average Bonchev–Trinajstić information content (AvgIpc) is 3.17. The number of pyridine rings is 1. The van der Waals surface area contributed by atoms with E-state index in [0.29, 0.717) is 23.4 Å². The van der Waals surface area contributed by atoms with E-state index in [1.165, 1.54) is 18.2 Å². The van der Waals surface area contributed by atoms with Crippen molar-refractivity contribution in [2.75, 3.05) is 25.0 Å². The molecule has 2 aliphatic rings. The number of nitrogens with one attached hydrogen (secondary N) is 3. The highest BCUT2D eigenvalue weighted by Crippen LogP contribution is 2.31. The van der Waals surface area contributed by atoms with E-state index < -0.39 is 17.8 Å². The van der Waals surface area contributed by atoms with Crippen molar-refractivity contribution >= 4 is 28.5 Å². The zero-order valence-corrected chi connectivity index (χ0v) is 19.2. The normalized spacial score (nSPS) is 22.1. The largest absolute Gasteiger partial charge is 0.461 e. The number of nitrogens with zero attached hydrogens (tertiary/aromatic N) is 1. The lowest BCUT2D eigenvalue weighted by atomic mass is 9.82. The maximum absolute atomic E-state index is 14.0. The number of H-pyrrole nitrogens is 1. The number of anilines is 1. The van der Waals surface area contributed by atoms with Crippen LogP contribution in [0.4, 0.5) is 10.1 Å². The molecular formula is C25H28FN4O4+. The molecule has 1 fully saturated rings. The first kappa shape index (κ1) is 22.3. The lowest BCUT2D eigenvalue weighted by molar-refractivity contribution is -0.924. The molecule has 4 heterocycles. The highest BCUT2D eigenvalue weighted by atomic mass is 19.1. The van der Waals surface area contributed by atoms with Gasteiger partial charge in [-0.25, -0.2) is 9.18 Å². The summed E-state index contributed by atoms with van der Waals surface area (Å²) in [6, 6.07) is 9.11. The molecule has 2 aliphatic heterocycles. The summed E-state index contributed by atoms with van der Waals surface area (Å²) >= 11 is 0. The highest BCUT2D eigenvalue weighted by molar-refractivity contribution is 6.11. The minimum atomic E-state index is -0.607. The van der Waals surface area contributed by atoms with Gasteiger partial charge in [0.1, 0.15) is 11.5 Å². The van der Waals surface area contributed by atoms with Crippen LogP contribution in [0.3, 0.4) is 0 Å². The van der Waals surface area contributed by atoms with E-state index in [1.807, 2.05) is 17.6 Å². The molecule has 2 bridgehead atoms. The van der Waals surface area contributed by atoms with Crippen LogP contribution in [0, 0.1) is 11.7 Å². The highest BCUT2D eigenvalue weighted by Gasteiger charge is 2.40. The molecule has 1 saturated heterocycles. The number of hydrogen-bond donors (Lipinski definition) is 3. The number of piperidine rings is 1. The van der Waals surface area contributed by atoms with Gasteiger partial charge in [0.2, 0.25) is 0 Å². The van der Waals surface area contributed by atoms with Gasteiger partial charge in [-0.15, -0.1) is 0 Å². The number of amides is 1. The quantitative estimate of drug-likeness (QED) is 0.498. The molecule has 2 aromatic heterocycles. The molecule has 0 radical (unpaired) electrons. The minimum absolute atomic E-state index is 0.0273. The van der Waals surface area contributed by atoms with E-state index in [-0.39, 0.29) is 35.4 Å². The van der Waals surface area contributed by atoms with Gasteiger partial charge in [-0.05, 0) is 44.5 Å². The summed E-state index contributed by atoms with van der Waals surface area (Å²) in [7, 11) is 0. The zero-order chi connectivity index (χ0) is 24.0. The Bertz CT molecular complexity index is 1330. The summed E-state index contributed by atoms with van der Waals surface area (Å²) < 4.78 is 21.0. The number of fused-ring (bicyclic) bond motifs is 5. The number of rotatable bonds is 5. The maximum atomic E-state index is 14.0. The fraction of sp³-hybridized carbons (Fsp3) is 0.400. The molecule has 178 valence electrons. The fourth-order valence-electron chi connectivity index (χ4n) is 5.47. The fourth-order valence-corrected chi connectivity index (χ4v) is 5.47. The lowest BCUT2D eigenvalue weighted by Gasteiger charge is -2.42. The third-order valence-corrected chi connectivity index (χ3v) is 7.11. The molecular weight excluding hydrogens is 439 g/mol. The minimum Gasteiger partial charge on any atom is -0.461 e. The van der Waals surface area contributed by atoms with Crippen molar-refractivity contribution in [3.05, 3.63) is 64.0 Å². The molecule has 4 atom stereocenters. The molecule has 1 unspecified atom stereocenters. The van der Waals surface area contributed by atoms with Crippen LogP contribution in [-0.2, 0) is 16.1 Å². The Hall–Kier alpha value is -3.46. The SMILES string of the molecule is CCOC(=O)c1[nH]c2ccc(F)cc2c1NC(=O)[C@@H](C)[NH+]1C[C@@H]2C[C@H](C1)c1cccc(=O)n1C2. The first-order chi connectivity index (χ1) is 16.4. The van der Waals surface area contributed by atoms with Crippen molar-refractivity contribution < 1.29 is 23.6 Å².